The Morgan fingerprint density at radius 2 is 1.62 bits per heavy atom. The van der Waals surface area contributed by atoms with Gasteiger partial charge in [-0.1, -0.05) is 32.0 Å². The predicted molar refractivity (Wildman–Crippen MR) is 113 cm³/mol. The summed E-state index contributed by atoms with van der Waals surface area (Å²) in [5.74, 6) is -0.0178. The van der Waals surface area contributed by atoms with Gasteiger partial charge in [0.25, 0.3) is 0 Å². The lowest BCUT2D eigenvalue weighted by atomic mass is 10.2. The number of carboxylic acid groups (broad SMARTS) is 1. The van der Waals surface area contributed by atoms with E-state index in [9.17, 15) is 14.7 Å². The highest BCUT2D eigenvalue weighted by molar-refractivity contribution is 5.94. The van der Waals surface area contributed by atoms with Crippen molar-refractivity contribution in [3.8, 4) is 11.5 Å². The van der Waals surface area contributed by atoms with E-state index in [1.807, 2.05) is 30.3 Å². The SMILES string of the molecule is CCN(CC)CCN[C@@H](CC(=O)Nc1ccc(Oc2ccccc2)cc1)C(=O)O. The molecule has 7 heteroatoms. The Bertz CT molecular complexity index is 761. The normalized spacial score (nSPS) is 11.8. The van der Waals surface area contributed by atoms with Crippen molar-refractivity contribution < 1.29 is 19.4 Å². The standard InChI is InChI=1S/C22H29N3O4/c1-3-25(4-2)15-14-23-20(22(27)28)16-21(26)24-17-10-12-19(13-11-17)29-18-8-6-5-7-9-18/h5-13,20,23H,3-4,14-16H2,1-2H3,(H,24,26)(H,27,28)/t20-/m0/s1. The maximum Gasteiger partial charge on any atom is 0.321 e. The van der Waals surface area contributed by atoms with Gasteiger partial charge in [0.15, 0.2) is 0 Å². The van der Waals surface area contributed by atoms with Crippen LogP contribution in [-0.2, 0) is 9.59 Å². The summed E-state index contributed by atoms with van der Waals surface area (Å²) in [5.41, 5.74) is 0.586. The second-order valence-corrected chi connectivity index (χ2v) is 6.56. The number of carboxylic acids is 1. The van der Waals surface area contributed by atoms with Crippen LogP contribution in [0.2, 0.25) is 0 Å². The Morgan fingerprint density at radius 3 is 2.21 bits per heavy atom. The molecule has 1 atom stereocenters. The lowest BCUT2D eigenvalue weighted by Gasteiger charge is -2.20. The molecule has 156 valence electrons. The molecule has 7 nitrogen and oxygen atoms in total. The molecule has 0 unspecified atom stereocenters. The third-order valence-corrected chi connectivity index (χ3v) is 4.52. The first kappa shape index (κ1) is 22.4. The number of amides is 1. The summed E-state index contributed by atoms with van der Waals surface area (Å²) in [4.78, 5) is 25.9. The third-order valence-electron chi connectivity index (χ3n) is 4.52. The average molecular weight is 399 g/mol. The Hall–Kier alpha value is -2.90. The number of aliphatic carboxylic acids is 1. The fourth-order valence-electron chi connectivity index (χ4n) is 2.81. The molecule has 0 bridgehead atoms. The van der Waals surface area contributed by atoms with E-state index in [1.54, 1.807) is 24.3 Å². The zero-order valence-corrected chi connectivity index (χ0v) is 16.9. The molecule has 0 aliphatic carbocycles. The summed E-state index contributed by atoms with van der Waals surface area (Å²) >= 11 is 0. The lowest BCUT2D eigenvalue weighted by Crippen LogP contribution is -2.43. The van der Waals surface area contributed by atoms with Crippen LogP contribution in [0.25, 0.3) is 0 Å². The van der Waals surface area contributed by atoms with E-state index in [1.165, 1.54) is 0 Å². The van der Waals surface area contributed by atoms with Crippen LogP contribution in [0.1, 0.15) is 20.3 Å². The van der Waals surface area contributed by atoms with Crippen LogP contribution in [0.4, 0.5) is 5.69 Å². The predicted octanol–water partition coefficient (Wildman–Crippen LogP) is 3.19. The lowest BCUT2D eigenvalue weighted by molar-refractivity contribution is -0.141. The molecule has 3 N–H and O–H groups in total. The highest BCUT2D eigenvalue weighted by Gasteiger charge is 2.20. The van der Waals surface area contributed by atoms with Gasteiger partial charge in [0.05, 0.1) is 6.42 Å². The summed E-state index contributed by atoms with van der Waals surface area (Å²) in [6.07, 6.45) is -0.143. The molecule has 0 saturated carbocycles. The molecule has 0 aliphatic rings. The number of para-hydroxylation sites is 1. The topological polar surface area (TPSA) is 90.9 Å². The van der Waals surface area contributed by atoms with Gasteiger partial charge in [-0.15, -0.1) is 0 Å². The molecular formula is C22H29N3O4. The van der Waals surface area contributed by atoms with Gasteiger partial charge in [-0.3, -0.25) is 9.59 Å². The van der Waals surface area contributed by atoms with Crippen molar-refractivity contribution in [3.05, 3.63) is 54.6 Å². The molecule has 0 aliphatic heterocycles. The minimum absolute atomic E-state index is 0.143. The monoisotopic (exact) mass is 399 g/mol. The van der Waals surface area contributed by atoms with Crippen LogP contribution in [0, 0.1) is 0 Å². The Kier molecular flexibility index (Phi) is 9.14. The number of nitrogens with zero attached hydrogens (tertiary/aromatic N) is 1. The molecule has 1 amide bonds. The smallest absolute Gasteiger partial charge is 0.321 e. The van der Waals surface area contributed by atoms with E-state index in [0.29, 0.717) is 18.0 Å². The van der Waals surface area contributed by atoms with Gasteiger partial charge >= 0.3 is 5.97 Å². The molecule has 0 fully saturated rings. The minimum Gasteiger partial charge on any atom is -0.480 e. The summed E-state index contributed by atoms with van der Waals surface area (Å²) in [7, 11) is 0. The first-order valence-electron chi connectivity index (χ1n) is 9.83. The minimum atomic E-state index is -1.04. The van der Waals surface area contributed by atoms with Gasteiger partial charge in [0, 0.05) is 18.8 Å². The van der Waals surface area contributed by atoms with E-state index in [4.69, 9.17) is 4.74 Å². The zero-order valence-electron chi connectivity index (χ0n) is 16.9. The molecule has 2 rings (SSSR count). The van der Waals surface area contributed by atoms with Crippen molar-refractivity contribution in [1.82, 2.24) is 10.2 Å². The van der Waals surface area contributed by atoms with E-state index < -0.39 is 12.0 Å². The van der Waals surface area contributed by atoms with E-state index >= 15 is 0 Å². The van der Waals surface area contributed by atoms with Crippen LogP contribution in [0.3, 0.4) is 0 Å². The quantitative estimate of drug-likeness (QED) is 0.508. The summed E-state index contributed by atoms with van der Waals surface area (Å²) < 4.78 is 5.71. The number of likely N-dealkylation sites (N-methyl/N-ethyl adjacent to an activating group) is 1. The average Bonchev–Trinajstić information content (AvgIpc) is 2.72. The molecule has 2 aromatic rings. The second-order valence-electron chi connectivity index (χ2n) is 6.56. The number of ether oxygens (including phenoxy) is 1. The number of hydrogen-bond donors (Lipinski definition) is 3. The molecular weight excluding hydrogens is 370 g/mol. The van der Waals surface area contributed by atoms with Crippen molar-refractivity contribution in [1.29, 1.82) is 0 Å². The number of rotatable bonds is 12. The molecule has 0 saturated heterocycles. The number of benzene rings is 2. The summed E-state index contributed by atoms with van der Waals surface area (Å²) in [6, 6.07) is 15.4. The highest BCUT2D eigenvalue weighted by Crippen LogP contribution is 2.22. The molecule has 0 aromatic heterocycles. The van der Waals surface area contributed by atoms with Crippen molar-refractivity contribution in [2.45, 2.75) is 26.3 Å². The molecule has 2 aromatic carbocycles. The zero-order chi connectivity index (χ0) is 21.1. The largest absolute Gasteiger partial charge is 0.480 e. The fraction of sp³-hybridized carbons (Fsp3) is 0.364. The van der Waals surface area contributed by atoms with Crippen LogP contribution in [-0.4, -0.2) is 54.1 Å². The summed E-state index contributed by atoms with van der Waals surface area (Å²) in [5, 5.41) is 15.1. The molecule has 29 heavy (non-hydrogen) atoms. The maximum absolute atomic E-state index is 12.3. The van der Waals surface area contributed by atoms with Crippen molar-refractivity contribution in [2.24, 2.45) is 0 Å². The first-order chi connectivity index (χ1) is 14.0. The third kappa shape index (κ3) is 7.93. The number of anilines is 1. The first-order valence-corrected chi connectivity index (χ1v) is 9.83. The number of carbonyl (C=O) groups is 2. The van der Waals surface area contributed by atoms with Gasteiger partial charge < -0.3 is 25.4 Å². The van der Waals surface area contributed by atoms with Gasteiger partial charge in [-0.2, -0.15) is 0 Å². The number of carbonyl (C=O) groups excluding carboxylic acids is 1. The van der Waals surface area contributed by atoms with Crippen LogP contribution >= 0.6 is 0 Å². The van der Waals surface area contributed by atoms with E-state index in [0.717, 1.165) is 25.4 Å². The summed E-state index contributed by atoms with van der Waals surface area (Å²) in [6.45, 7) is 7.17. The van der Waals surface area contributed by atoms with Crippen LogP contribution in [0.5, 0.6) is 11.5 Å². The Morgan fingerprint density at radius 1 is 1.00 bits per heavy atom. The molecule has 0 heterocycles. The second kappa shape index (κ2) is 11.8. The number of hydrogen-bond acceptors (Lipinski definition) is 5. The van der Waals surface area contributed by atoms with E-state index in [2.05, 4.69) is 29.4 Å². The Balaban J connectivity index is 1.83. The maximum atomic E-state index is 12.3. The molecule has 0 radical (unpaired) electrons. The number of nitrogens with one attached hydrogen (secondary N) is 2. The van der Waals surface area contributed by atoms with Gasteiger partial charge in [-0.25, -0.2) is 0 Å². The van der Waals surface area contributed by atoms with Gasteiger partial charge in [0.1, 0.15) is 17.5 Å². The van der Waals surface area contributed by atoms with Crippen LogP contribution in [0.15, 0.2) is 54.6 Å². The fourth-order valence-corrected chi connectivity index (χ4v) is 2.81. The van der Waals surface area contributed by atoms with Crippen molar-refractivity contribution in [3.63, 3.8) is 0 Å². The molecule has 0 spiro atoms. The van der Waals surface area contributed by atoms with Crippen molar-refractivity contribution >= 4 is 17.6 Å². The van der Waals surface area contributed by atoms with Gasteiger partial charge in [0.2, 0.25) is 5.91 Å². The van der Waals surface area contributed by atoms with Crippen LogP contribution < -0.4 is 15.4 Å². The Labute approximate surface area is 171 Å². The van der Waals surface area contributed by atoms with Crippen molar-refractivity contribution in [2.75, 3.05) is 31.5 Å². The highest BCUT2D eigenvalue weighted by atomic mass is 16.5. The van der Waals surface area contributed by atoms with E-state index in [-0.39, 0.29) is 12.3 Å². The van der Waals surface area contributed by atoms with Gasteiger partial charge in [-0.05, 0) is 49.5 Å².